The topological polar surface area (TPSA) is 106 Å². The number of amides is 2. The quantitative estimate of drug-likeness (QED) is 0.489. The van der Waals surface area contributed by atoms with Gasteiger partial charge in [-0.15, -0.1) is 0 Å². The second-order valence-corrected chi connectivity index (χ2v) is 10.9. The third-order valence-corrected chi connectivity index (χ3v) is 8.35. The lowest BCUT2D eigenvalue weighted by atomic mass is 10.0. The number of nitrogens with zero attached hydrogens (tertiary/aromatic N) is 6. The van der Waals surface area contributed by atoms with Crippen molar-refractivity contribution < 1.29 is 14.3 Å². The number of carbonyl (C=O) groups excluding carboxylic acids is 2. The van der Waals surface area contributed by atoms with Gasteiger partial charge >= 0.3 is 0 Å². The van der Waals surface area contributed by atoms with Crippen LogP contribution in [0.1, 0.15) is 33.6 Å². The molecule has 0 atom stereocenters. The zero-order chi connectivity index (χ0) is 28.5. The largest absolute Gasteiger partial charge is 0.495 e. The van der Waals surface area contributed by atoms with E-state index in [-0.39, 0.29) is 11.8 Å². The number of likely N-dealkylation sites (N-methyl/N-ethyl adjacent to an activating group) is 1. The molecular weight excluding hydrogens is 520 g/mol. The molecule has 0 spiro atoms. The average Bonchev–Trinajstić information content (AvgIpc) is 3.11. The number of carbonyl (C=O) groups is 2. The highest BCUT2D eigenvalue weighted by molar-refractivity contribution is 6.11. The lowest BCUT2D eigenvalue weighted by molar-refractivity contribution is 0.0518. The maximum Gasteiger partial charge on any atom is 0.257 e. The summed E-state index contributed by atoms with van der Waals surface area (Å²) in [6, 6.07) is 13.3. The van der Waals surface area contributed by atoms with Gasteiger partial charge in [-0.05, 0) is 50.2 Å². The van der Waals surface area contributed by atoms with E-state index in [4.69, 9.17) is 9.72 Å². The highest BCUT2D eigenvalue weighted by Crippen LogP contribution is 2.36. The molecule has 2 saturated heterocycles. The zero-order valence-electron chi connectivity index (χ0n) is 23.8. The van der Waals surface area contributed by atoms with E-state index in [1.165, 1.54) is 0 Å². The van der Waals surface area contributed by atoms with Gasteiger partial charge in [0.2, 0.25) is 5.95 Å². The third kappa shape index (κ3) is 5.42. The van der Waals surface area contributed by atoms with E-state index in [0.717, 1.165) is 57.8 Å². The molecule has 0 saturated carbocycles. The first-order chi connectivity index (χ1) is 19.9. The normalized spacial score (nSPS) is 18.3. The molecule has 214 valence electrons. The Kier molecular flexibility index (Phi) is 7.46. The van der Waals surface area contributed by atoms with E-state index in [1.807, 2.05) is 47.2 Å². The van der Waals surface area contributed by atoms with Crippen molar-refractivity contribution in [3.05, 3.63) is 59.8 Å². The van der Waals surface area contributed by atoms with E-state index >= 15 is 0 Å². The van der Waals surface area contributed by atoms with Gasteiger partial charge in [-0.3, -0.25) is 14.5 Å². The summed E-state index contributed by atoms with van der Waals surface area (Å²) in [6.07, 6.45) is 3.59. The minimum Gasteiger partial charge on any atom is -0.495 e. The molecule has 11 nitrogen and oxygen atoms in total. The van der Waals surface area contributed by atoms with Crippen LogP contribution >= 0.6 is 0 Å². The fourth-order valence-electron chi connectivity index (χ4n) is 5.89. The fourth-order valence-corrected chi connectivity index (χ4v) is 5.89. The van der Waals surface area contributed by atoms with Crippen molar-refractivity contribution in [3.63, 3.8) is 0 Å². The third-order valence-electron chi connectivity index (χ3n) is 8.35. The van der Waals surface area contributed by atoms with Crippen molar-refractivity contribution in [3.8, 4) is 5.75 Å². The smallest absolute Gasteiger partial charge is 0.257 e. The first-order valence-electron chi connectivity index (χ1n) is 14.1. The van der Waals surface area contributed by atoms with Gasteiger partial charge in [-0.1, -0.05) is 12.1 Å². The molecule has 2 fully saturated rings. The van der Waals surface area contributed by atoms with Crippen molar-refractivity contribution in [2.45, 2.75) is 18.9 Å². The molecule has 2 N–H and O–H groups in total. The predicted octanol–water partition coefficient (Wildman–Crippen LogP) is 3.41. The highest BCUT2D eigenvalue weighted by Gasteiger charge is 2.29. The number of rotatable bonds is 5. The number of piperazine rings is 1. The Morgan fingerprint density at radius 1 is 1.02 bits per heavy atom. The van der Waals surface area contributed by atoms with Crippen molar-refractivity contribution in [1.82, 2.24) is 24.7 Å². The van der Waals surface area contributed by atoms with Crippen LogP contribution in [0.2, 0.25) is 0 Å². The summed E-state index contributed by atoms with van der Waals surface area (Å²) in [5.74, 6) is 1.23. The molecule has 1 aromatic heterocycles. The summed E-state index contributed by atoms with van der Waals surface area (Å²) in [5.41, 5.74) is 3.06. The summed E-state index contributed by atoms with van der Waals surface area (Å²) >= 11 is 0. The van der Waals surface area contributed by atoms with Gasteiger partial charge in [-0.2, -0.15) is 4.98 Å². The number of methoxy groups -OCH3 is 1. The number of ether oxygens (including phenoxy) is 1. The SMILES string of the molecule is COc1cc(C(=O)N2CCC(N3CCN(C)CC3)CC2)ccc1Nc1ncc2c(n1)N(C)c1ccccc1C(=O)N2. The van der Waals surface area contributed by atoms with Crippen molar-refractivity contribution in [1.29, 1.82) is 0 Å². The molecule has 3 aliphatic heterocycles. The summed E-state index contributed by atoms with van der Waals surface area (Å²) in [7, 11) is 5.62. The number of para-hydroxylation sites is 1. The first-order valence-corrected chi connectivity index (χ1v) is 14.1. The molecule has 3 aliphatic rings. The lowest BCUT2D eigenvalue weighted by Crippen LogP contribution is -2.52. The number of likely N-dealkylation sites (tertiary alicyclic amines) is 1. The van der Waals surface area contributed by atoms with Gasteiger partial charge in [0, 0.05) is 57.9 Å². The minimum atomic E-state index is -0.207. The zero-order valence-corrected chi connectivity index (χ0v) is 23.8. The highest BCUT2D eigenvalue weighted by atomic mass is 16.5. The Morgan fingerprint density at radius 2 is 1.78 bits per heavy atom. The molecule has 2 amide bonds. The van der Waals surface area contributed by atoms with Crippen LogP contribution in [0.5, 0.6) is 5.75 Å². The Balaban J connectivity index is 1.15. The Bertz CT molecular complexity index is 1450. The molecule has 11 heteroatoms. The molecule has 2 aromatic carbocycles. The molecule has 0 unspecified atom stereocenters. The molecule has 0 aliphatic carbocycles. The number of piperidine rings is 1. The standard InChI is InChI=1S/C30H36N8O3/c1-35-14-16-37(17-15-35)21-10-12-38(13-11-21)29(40)20-8-9-23(26(18-20)41-3)33-30-31-19-24-27(34-30)36(2)25-7-5-4-6-22(25)28(39)32-24/h4-9,18-19,21H,10-17H2,1-3H3,(H,32,39)(H,31,33,34). The molecule has 3 aromatic rings. The van der Waals surface area contributed by atoms with Crippen LogP contribution in [-0.2, 0) is 0 Å². The van der Waals surface area contributed by atoms with Crippen LogP contribution in [0.3, 0.4) is 0 Å². The number of anilines is 5. The van der Waals surface area contributed by atoms with E-state index in [1.54, 1.807) is 25.4 Å². The van der Waals surface area contributed by atoms with Gasteiger partial charge in [0.1, 0.15) is 11.4 Å². The van der Waals surface area contributed by atoms with Crippen LogP contribution in [-0.4, -0.2) is 103 Å². The Hall–Kier alpha value is -4.22. The summed E-state index contributed by atoms with van der Waals surface area (Å²) in [5, 5.41) is 6.11. The Morgan fingerprint density at radius 3 is 2.54 bits per heavy atom. The molecule has 4 heterocycles. The van der Waals surface area contributed by atoms with Crippen LogP contribution in [0, 0.1) is 0 Å². The van der Waals surface area contributed by atoms with Crippen LogP contribution in [0.25, 0.3) is 0 Å². The minimum absolute atomic E-state index is 0.0176. The maximum absolute atomic E-state index is 13.4. The summed E-state index contributed by atoms with van der Waals surface area (Å²) in [6.45, 7) is 5.94. The number of nitrogens with one attached hydrogen (secondary N) is 2. The number of hydrogen-bond acceptors (Lipinski definition) is 9. The van der Waals surface area contributed by atoms with E-state index in [9.17, 15) is 9.59 Å². The van der Waals surface area contributed by atoms with Crippen molar-refractivity contribution in [2.24, 2.45) is 0 Å². The number of benzene rings is 2. The fraction of sp³-hybridized carbons (Fsp3) is 0.400. The van der Waals surface area contributed by atoms with Crippen LogP contribution < -0.4 is 20.3 Å². The molecule has 6 rings (SSSR count). The molecule has 0 radical (unpaired) electrons. The maximum atomic E-state index is 13.4. The number of fused-ring (bicyclic) bond motifs is 2. The second kappa shape index (κ2) is 11.3. The number of aromatic nitrogens is 2. The lowest BCUT2D eigenvalue weighted by Gasteiger charge is -2.42. The van der Waals surface area contributed by atoms with Gasteiger partial charge in [0.15, 0.2) is 5.82 Å². The van der Waals surface area contributed by atoms with Crippen LogP contribution in [0.15, 0.2) is 48.7 Å². The van der Waals surface area contributed by atoms with Gasteiger partial charge in [0.05, 0.1) is 30.2 Å². The van der Waals surface area contributed by atoms with E-state index in [0.29, 0.717) is 46.1 Å². The van der Waals surface area contributed by atoms with Crippen molar-refractivity contribution >= 4 is 40.6 Å². The molecule has 41 heavy (non-hydrogen) atoms. The average molecular weight is 557 g/mol. The van der Waals surface area contributed by atoms with Gasteiger partial charge in [0.25, 0.3) is 11.8 Å². The summed E-state index contributed by atoms with van der Waals surface area (Å²) in [4.78, 5) is 44.0. The summed E-state index contributed by atoms with van der Waals surface area (Å²) < 4.78 is 5.65. The monoisotopic (exact) mass is 556 g/mol. The molecule has 0 bridgehead atoms. The van der Waals surface area contributed by atoms with Gasteiger partial charge < -0.3 is 30.1 Å². The molecular formula is C30H36N8O3. The van der Waals surface area contributed by atoms with Crippen LogP contribution in [0.4, 0.5) is 28.8 Å². The predicted molar refractivity (Wildman–Crippen MR) is 159 cm³/mol. The Labute approximate surface area is 240 Å². The number of hydrogen-bond donors (Lipinski definition) is 2. The van der Waals surface area contributed by atoms with Gasteiger partial charge in [-0.25, -0.2) is 4.98 Å². The first kappa shape index (κ1) is 27.0. The van der Waals surface area contributed by atoms with E-state index in [2.05, 4.69) is 32.5 Å². The van der Waals surface area contributed by atoms with Crippen molar-refractivity contribution in [2.75, 3.05) is 76.0 Å². The second-order valence-electron chi connectivity index (χ2n) is 10.9. The van der Waals surface area contributed by atoms with E-state index < -0.39 is 0 Å².